The van der Waals surface area contributed by atoms with E-state index in [1.807, 2.05) is 0 Å². The van der Waals surface area contributed by atoms with Crippen molar-refractivity contribution in [1.29, 1.82) is 0 Å². The van der Waals surface area contributed by atoms with Crippen LogP contribution in [0.2, 0.25) is 0 Å². The molecule has 0 saturated carbocycles. The van der Waals surface area contributed by atoms with Crippen molar-refractivity contribution in [3.8, 4) is 0 Å². The van der Waals surface area contributed by atoms with E-state index in [0.29, 0.717) is 0 Å². The number of allylic oxidation sites excluding steroid dienone is 3. The summed E-state index contributed by atoms with van der Waals surface area (Å²) in [6.45, 7) is 3.30. The summed E-state index contributed by atoms with van der Waals surface area (Å²) in [5, 5.41) is 0. The van der Waals surface area contributed by atoms with Gasteiger partial charge in [0.2, 0.25) is 0 Å². The van der Waals surface area contributed by atoms with Gasteiger partial charge in [-0.3, -0.25) is 0 Å². The first kappa shape index (κ1) is 15.9. The molecule has 0 fully saturated rings. The smallest absolute Gasteiger partial charge is 0.389 e. The van der Waals surface area contributed by atoms with E-state index < -0.39 is 31.6 Å². The topological polar surface area (TPSA) is 26.0 Å². The summed E-state index contributed by atoms with van der Waals surface area (Å²) >= 11 is 0. The Kier molecular flexibility index (Phi) is 5.57. The van der Waals surface area contributed by atoms with Gasteiger partial charge in [0.25, 0.3) is 0 Å². The summed E-state index contributed by atoms with van der Waals surface area (Å²) in [6, 6.07) is 0. The van der Waals surface area contributed by atoms with Gasteiger partial charge in [0.15, 0.2) is 0 Å². The van der Waals surface area contributed by atoms with Crippen molar-refractivity contribution in [1.82, 2.24) is 0 Å². The molecule has 2 N–H and O–H groups in total. The van der Waals surface area contributed by atoms with Crippen molar-refractivity contribution >= 4 is 0 Å². The molecule has 0 radical (unpaired) electrons. The zero-order chi connectivity index (χ0) is 13.7. The zero-order valence-corrected chi connectivity index (χ0v) is 8.96. The number of halogens is 6. The maximum Gasteiger partial charge on any atom is 0.389 e. The van der Waals surface area contributed by atoms with Crippen LogP contribution in [-0.4, -0.2) is 12.4 Å². The molecule has 7 heteroatoms. The van der Waals surface area contributed by atoms with E-state index in [1.165, 1.54) is 0 Å². The molecular weight excluding hydrogens is 248 g/mol. The number of hydrogen-bond acceptors (Lipinski definition) is 1. The quantitative estimate of drug-likeness (QED) is 0.586. The first-order valence-electron chi connectivity index (χ1n) is 4.77. The predicted molar refractivity (Wildman–Crippen MR) is 52.0 cm³/mol. The van der Waals surface area contributed by atoms with Gasteiger partial charge in [0, 0.05) is 18.5 Å². The Bertz CT molecular complexity index is 286. The highest BCUT2D eigenvalue weighted by molar-refractivity contribution is 5.19. The molecule has 0 saturated heterocycles. The third kappa shape index (κ3) is 11.1. The molecule has 0 aromatic rings. The molecule has 0 amide bonds. The minimum atomic E-state index is -4.33. The van der Waals surface area contributed by atoms with E-state index in [1.54, 1.807) is 0 Å². The SMILES string of the molecule is C=C(/C=C(\N)CCC(F)(F)F)CCC(F)(F)F. The van der Waals surface area contributed by atoms with E-state index >= 15 is 0 Å². The van der Waals surface area contributed by atoms with Crippen LogP contribution in [0.25, 0.3) is 0 Å². The number of rotatable bonds is 5. The van der Waals surface area contributed by atoms with Crippen LogP contribution < -0.4 is 5.73 Å². The van der Waals surface area contributed by atoms with Crippen LogP contribution >= 0.6 is 0 Å². The number of hydrogen-bond donors (Lipinski definition) is 1. The standard InChI is InChI=1S/C10H13F6N/c1-7(2-4-9(11,12)13)6-8(17)3-5-10(14,15)16/h6H,1-5,17H2/b8-6-. The summed E-state index contributed by atoms with van der Waals surface area (Å²) in [4.78, 5) is 0. The average Bonchev–Trinajstić information content (AvgIpc) is 2.09. The Balaban J connectivity index is 4.08. The third-order valence-electron chi connectivity index (χ3n) is 1.82. The molecule has 17 heavy (non-hydrogen) atoms. The molecule has 0 bridgehead atoms. The van der Waals surface area contributed by atoms with Crippen LogP contribution in [0, 0.1) is 0 Å². The molecule has 0 aliphatic rings. The fraction of sp³-hybridized carbons (Fsp3) is 0.600. The fourth-order valence-electron chi connectivity index (χ4n) is 0.995. The van der Waals surface area contributed by atoms with Crippen LogP contribution in [0.3, 0.4) is 0 Å². The first-order valence-corrected chi connectivity index (χ1v) is 4.77. The van der Waals surface area contributed by atoms with Gasteiger partial charge in [-0.15, -0.1) is 0 Å². The molecule has 100 valence electrons. The molecule has 0 unspecified atom stereocenters. The molecule has 0 heterocycles. The lowest BCUT2D eigenvalue weighted by atomic mass is 10.1. The highest BCUT2D eigenvalue weighted by Crippen LogP contribution is 2.25. The molecule has 1 nitrogen and oxygen atoms in total. The molecule has 0 aromatic carbocycles. The van der Waals surface area contributed by atoms with Gasteiger partial charge in [0.1, 0.15) is 0 Å². The van der Waals surface area contributed by atoms with Crippen molar-refractivity contribution in [3.05, 3.63) is 23.9 Å². The minimum absolute atomic E-state index is 0.0713. The Morgan fingerprint density at radius 3 is 1.76 bits per heavy atom. The van der Waals surface area contributed by atoms with Crippen molar-refractivity contribution in [2.75, 3.05) is 0 Å². The molecule has 0 aromatic heterocycles. The lowest BCUT2D eigenvalue weighted by Gasteiger charge is -2.08. The Morgan fingerprint density at radius 2 is 1.35 bits per heavy atom. The van der Waals surface area contributed by atoms with E-state index in [4.69, 9.17) is 5.73 Å². The van der Waals surface area contributed by atoms with Crippen molar-refractivity contribution < 1.29 is 26.3 Å². The van der Waals surface area contributed by atoms with Crippen molar-refractivity contribution in [2.24, 2.45) is 5.73 Å². The van der Waals surface area contributed by atoms with Crippen LogP contribution in [0.15, 0.2) is 23.9 Å². The molecule has 0 aliphatic heterocycles. The molecule has 0 spiro atoms. The number of alkyl halides is 6. The molecular formula is C10H13F6N. The first-order chi connectivity index (χ1) is 7.49. The van der Waals surface area contributed by atoms with Crippen LogP contribution in [0.5, 0.6) is 0 Å². The maximum atomic E-state index is 11.8. The van der Waals surface area contributed by atoms with Gasteiger partial charge >= 0.3 is 12.4 Å². The van der Waals surface area contributed by atoms with Gasteiger partial charge < -0.3 is 5.73 Å². The zero-order valence-electron chi connectivity index (χ0n) is 8.96. The van der Waals surface area contributed by atoms with E-state index in [9.17, 15) is 26.3 Å². The molecule has 0 rings (SSSR count). The highest BCUT2D eigenvalue weighted by Gasteiger charge is 2.27. The lowest BCUT2D eigenvalue weighted by Crippen LogP contribution is -2.10. The van der Waals surface area contributed by atoms with Crippen LogP contribution in [0.4, 0.5) is 26.3 Å². The van der Waals surface area contributed by atoms with Crippen molar-refractivity contribution in [3.63, 3.8) is 0 Å². The monoisotopic (exact) mass is 261 g/mol. The second-order valence-corrected chi connectivity index (χ2v) is 3.61. The predicted octanol–water partition coefficient (Wildman–Crippen LogP) is 4.07. The summed E-state index contributed by atoms with van der Waals surface area (Å²) in [5.41, 5.74) is 5.20. The van der Waals surface area contributed by atoms with Gasteiger partial charge in [-0.25, -0.2) is 0 Å². The maximum absolute atomic E-state index is 11.8. The summed E-state index contributed by atoms with van der Waals surface area (Å²) in [7, 11) is 0. The fourth-order valence-corrected chi connectivity index (χ4v) is 0.995. The highest BCUT2D eigenvalue weighted by atomic mass is 19.4. The Hall–Kier alpha value is -1.14. The largest absolute Gasteiger partial charge is 0.402 e. The van der Waals surface area contributed by atoms with Gasteiger partial charge in [-0.05, 0) is 18.9 Å². The summed E-state index contributed by atoms with van der Waals surface area (Å²) in [6.07, 6.45) is -10.5. The van der Waals surface area contributed by atoms with Crippen molar-refractivity contribution in [2.45, 2.75) is 38.0 Å². The second-order valence-electron chi connectivity index (χ2n) is 3.61. The average molecular weight is 261 g/mol. The van der Waals surface area contributed by atoms with Gasteiger partial charge in [-0.1, -0.05) is 12.2 Å². The van der Waals surface area contributed by atoms with Crippen LogP contribution in [-0.2, 0) is 0 Å². The minimum Gasteiger partial charge on any atom is -0.402 e. The van der Waals surface area contributed by atoms with E-state index in [2.05, 4.69) is 6.58 Å². The van der Waals surface area contributed by atoms with Gasteiger partial charge in [0.05, 0.1) is 0 Å². The Labute approximate surface area is 95.0 Å². The summed E-state index contributed by atoms with van der Waals surface area (Å²) < 4.78 is 70.9. The summed E-state index contributed by atoms with van der Waals surface area (Å²) in [5.74, 6) is 0. The van der Waals surface area contributed by atoms with Crippen LogP contribution in [0.1, 0.15) is 25.7 Å². The van der Waals surface area contributed by atoms with Gasteiger partial charge in [-0.2, -0.15) is 26.3 Å². The molecule has 0 aliphatic carbocycles. The van der Waals surface area contributed by atoms with E-state index in [0.717, 1.165) is 6.08 Å². The normalized spacial score (nSPS) is 13.9. The number of nitrogens with two attached hydrogens (primary N) is 1. The molecule has 0 atom stereocenters. The van der Waals surface area contributed by atoms with E-state index in [-0.39, 0.29) is 17.7 Å². The second kappa shape index (κ2) is 5.97. The Morgan fingerprint density at radius 1 is 0.941 bits per heavy atom. The third-order valence-corrected chi connectivity index (χ3v) is 1.82. The lowest BCUT2D eigenvalue weighted by molar-refractivity contribution is -0.134.